The van der Waals surface area contributed by atoms with Gasteiger partial charge in [0, 0.05) is 31.1 Å². The lowest BCUT2D eigenvalue weighted by Gasteiger charge is -2.35. The summed E-state index contributed by atoms with van der Waals surface area (Å²) in [5, 5.41) is 1.10. The first kappa shape index (κ1) is 15.9. The summed E-state index contributed by atoms with van der Waals surface area (Å²) in [5.41, 5.74) is 4.35. The van der Waals surface area contributed by atoms with Crippen LogP contribution < -0.4 is 5.63 Å². The number of benzene rings is 1. The minimum atomic E-state index is -0.248. The Morgan fingerprint density at radius 1 is 1.04 bits per heavy atom. The average molecular weight is 327 g/mol. The molecule has 1 aromatic carbocycles. The summed E-state index contributed by atoms with van der Waals surface area (Å²) in [4.78, 5) is 14.4. The lowest BCUT2D eigenvalue weighted by molar-refractivity contribution is -0.0704. The highest BCUT2D eigenvalue weighted by Crippen LogP contribution is 2.28. The van der Waals surface area contributed by atoms with Gasteiger partial charge in [-0.25, -0.2) is 4.79 Å². The van der Waals surface area contributed by atoms with E-state index in [2.05, 4.69) is 30.9 Å². The molecule has 1 fully saturated rings. The molecule has 4 heteroatoms. The summed E-state index contributed by atoms with van der Waals surface area (Å²) in [5.74, 6) is 0. The van der Waals surface area contributed by atoms with Crippen molar-refractivity contribution in [3.63, 3.8) is 0 Å². The molecule has 2 aromatic rings. The largest absolute Gasteiger partial charge is 0.423 e. The van der Waals surface area contributed by atoms with Gasteiger partial charge < -0.3 is 9.15 Å². The van der Waals surface area contributed by atoms with E-state index in [0.29, 0.717) is 0 Å². The zero-order valence-electron chi connectivity index (χ0n) is 14.5. The number of ether oxygens (including phenoxy) is 1. The quantitative estimate of drug-likeness (QED) is 0.794. The van der Waals surface area contributed by atoms with Crippen LogP contribution in [0, 0.1) is 0 Å². The molecule has 0 unspecified atom stereocenters. The van der Waals surface area contributed by atoms with Gasteiger partial charge in [-0.1, -0.05) is 0 Å². The van der Waals surface area contributed by atoms with E-state index in [-0.39, 0.29) is 17.8 Å². The maximum absolute atomic E-state index is 12.0. The van der Waals surface area contributed by atoms with E-state index in [1.807, 2.05) is 0 Å². The van der Waals surface area contributed by atoms with Crippen LogP contribution in [0.5, 0.6) is 0 Å². The van der Waals surface area contributed by atoms with Crippen molar-refractivity contribution in [1.82, 2.24) is 4.90 Å². The number of hydrogen-bond acceptors (Lipinski definition) is 4. The van der Waals surface area contributed by atoms with Gasteiger partial charge in [-0.2, -0.15) is 0 Å². The molecule has 1 aliphatic heterocycles. The molecule has 2 aliphatic rings. The third-order valence-corrected chi connectivity index (χ3v) is 5.18. The summed E-state index contributed by atoms with van der Waals surface area (Å²) < 4.78 is 11.3. The van der Waals surface area contributed by atoms with E-state index in [1.165, 1.54) is 24.0 Å². The first-order valence-corrected chi connectivity index (χ1v) is 9.05. The van der Waals surface area contributed by atoms with Crippen LogP contribution in [0.25, 0.3) is 11.0 Å². The van der Waals surface area contributed by atoms with Crippen LogP contribution in [0.2, 0.25) is 0 Å². The predicted octanol–water partition coefficient (Wildman–Crippen LogP) is 3.28. The fourth-order valence-electron chi connectivity index (χ4n) is 4.24. The summed E-state index contributed by atoms with van der Waals surface area (Å²) in [6.07, 6.45) is 5.17. The van der Waals surface area contributed by atoms with Crippen molar-refractivity contribution in [2.24, 2.45) is 0 Å². The minimum Gasteiger partial charge on any atom is -0.423 e. The maximum Gasteiger partial charge on any atom is 0.336 e. The van der Waals surface area contributed by atoms with Gasteiger partial charge in [0.1, 0.15) is 5.58 Å². The Hall–Kier alpha value is -1.65. The smallest absolute Gasteiger partial charge is 0.336 e. The number of aryl methyl sites for hydroxylation is 2. The van der Waals surface area contributed by atoms with Crippen LogP contribution in [0.4, 0.5) is 0 Å². The van der Waals surface area contributed by atoms with Crippen LogP contribution in [-0.4, -0.2) is 30.2 Å². The van der Waals surface area contributed by atoms with E-state index in [9.17, 15) is 4.79 Å². The van der Waals surface area contributed by atoms with Crippen molar-refractivity contribution in [1.29, 1.82) is 0 Å². The second-order valence-electron chi connectivity index (χ2n) is 7.37. The molecule has 4 nitrogen and oxygen atoms in total. The standard InChI is InChI=1S/C20H25NO3/c1-13-10-21(11-14(2)23-13)12-17-9-20(22)24-19-8-16-6-4-3-5-15(16)7-18(17)19/h7-9,13-14H,3-6,10-12H2,1-2H3/t13-,14+. The van der Waals surface area contributed by atoms with E-state index in [4.69, 9.17) is 9.15 Å². The Morgan fingerprint density at radius 2 is 1.71 bits per heavy atom. The molecule has 128 valence electrons. The van der Waals surface area contributed by atoms with Gasteiger partial charge in [-0.15, -0.1) is 0 Å². The average Bonchev–Trinajstić information content (AvgIpc) is 2.52. The lowest BCUT2D eigenvalue weighted by atomic mass is 9.90. The van der Waals surface area contributed by atoms with Crippen molar-refractivity contribution < 1.29 is 9.15 Å². The van der Waals surface area contributed by atoms with Crippen molar-refractivity contribution >= 4 is 11.0 Å². The normalized spacial score (nSPS) is 24.9. The van der Waals surface area contributed by atoms with Crippen LogP contribution in [0.15, 0.2) is 27.4 Å². The number of nitrogens with zero attached hydrogens (tertiary/aromatic N) is 1. The third-order valence-electron chi connectivity index (χ3n) is 5.18. The molecule has 0 bridgehead atoms. The topological polar surface area (TPSA) is 42.7 Å². The fraction of sp³-hybridized carbons (Fsp3) is 0.550. The van der Waals surface area contributed by atoms with Gasteiger partial charge in [-0.05, 0) is 68.4 Å². The summed E-state index contributed by atoms with van der Waals surface area (Å²) >= 11 is 0. The van der Waals surface area contributed by atoms with Gasteiger partial charge in [-0.3, -0.25) is 4.90 Å². The predicted molar refractivity (Wildman–Crippen MR) is 94.4 cm³/mol. The molecule has 1 saturated heterocycles. The molecule has 0 spiro atoms. The van der Waals surface area contributed by atoms with Gasteiger partial charge in [0.15, 0.2) is 0 Å². The fourth-order valence-corrected chi connectivity index (χ4v) is 4.24. The monoisotopic (exact) mass is 327 g/mol. The highest BCUT2D eigenvalue weighted by atomic mass is 16.5. The number of fused-ring (bicyclic) bond motifs is 2. The Labute approximate surface area is 142 Å². The van der Waals surface area contributed by atoms with Crippen molar-refractivity contribution in [2.75, 3.05) is 13.1 Å². The van der Waals surface area contributed by atoms with E-state index < -0.39 is 0 Å². The molecule has 2 heterocycles. The Balaban J connectivity index is 1.72. The molecule has 1 aromatic heterocycles. The molecule has 0 saturated carbocycles. The van der Waals surface area contributed by atoms with Gasteiger partial charge in [0.25, 0.3) is 0 Å². The Morgan fingerprint density at radius 3 is 2.42 bits per heavy atom. The van der Waals surface area contributed by atoms with Crippen LogP contribution in [-0.2, 0) is 24.1 Å². The molecule has 0 amide bonds. The highest BCUT2D eigenvalue weighted by Gasteiger charge is 2.23. The Kier molecular flexibility index (Phi) is 4.19. The molecule has 4 rings (SSSR count). The summed E-state index contributed by atoms with van der Waals surface area (Å²) in [6, 6.07) is 6.02. The molecule has 1 aliphatic carbocycles. The molecule has 0 N–H and O–H groups in total. The first-order chi connectivity index (χ1) is 11.6. The van der Waals surface area contributed by atoms with Crippen molar-refractivity contribution in [3.05, 3.63) is 45.3 Å². The number of morpholine rings is 1. The molecule has 24 heavy (non-hydrogen) atoms. The first-order valence-electron chi connectivity index (χ1n) is 9.05. The molecule has 0 radical (unpaired) electrons. The molecular weight excluding hydrogens is 302 g/mol. The van der Waals surface area contributed by atoms with Crippen LogP contribution in [0.1, 0.15) is 43.4 Å². The van der Waals surface area contributed by atoms with Crippen molar-refractivity contribution in [3.8, 4) is 0 Å². The van der Waals surface area contributed by atoms with E-state index in [1.54, 1.807) is 6.07 Å². The number of rotatable bonds is 2. The summed E-state index contributed by atoms with van der Waals surface area (Å²) in [6.45, 7) is 6.79. The zero-order chi connectivity index (χ0) is 16.7. The van der Waals surface area contributed by atoms with Crippen molar-refractivity contribution in [2.45, 2.75) is 58.3 Å². The molecular formula is C20H25NO3. The van der Waals surface area contributed by atoms with Crippen LogP contribution in [0.3, 0.4) is 0 Å². The van der Waals surface area contributed by atoms with E-state index >= 15 is 0 Å². The second-order valence-corrected chi connectivity index (χ2v) is 7.37. The second kappa shape index (κ2) is 6.34. The van der Waals surface area contributed by atoms with Crippen LogP contribution >= 0.6 is 0 Å². The summed E-state index contributed by atoms with van der Waals surface area (Å²) in [7, 11) is 0. The van der Waals surface area contributed by atoms with E-state index in [0.717, 1.165) is 49.0 Å². The molecule has 2 atom stereocenters. The zero-order valence-corrected chi connectivity index (χ0v) is 14.5. The van der Waals surface area contributed by atoms with Gasteiger partial charge in [0.2, 0.25) is 0 Å². The third kappa shape index (κ3) is 3.13. The van der Waals surface area contributed by atoms with Gasteiger partial charge in [0.05, 0.1) is 12.2 Å². The minimum absolute atomic E-state index is 0.230. The SMILES string of the molecule is C[C@@H]1CN(Cc2cc(=O)oc3cc4c(cc23)CCCC4)C[C@H](C)O1. The maximum atomic E-state index is 12.0. The number of hydrogen-bond donors (Lipinski definition) is 0. The lowest BCUT2D eigenvalue weighted by Crippen LogP contribution is -2.44. The Bertz CT molecular complexity index is 800. The highest BCUT2D eigenvalue weighted by molar-refractivity contribution is 5.82. The van der Waals surface area contributed by atoms with Gasteiger partial charge >= 0.3 is 5.63 Å².